The molecule has 0 radical (unpaired) electrons. The largest absolute Gasteiger partial charge is 0.352 e. The molecule has 0 unspecified atom stereocenters. The third-order valence-corrected chi connectivity index (χ3v) is 3.88. The second-order valence-corrected chi connectivity index (χ2v) is 5.90. The van der Waals surface area contributed by atoms with Crippen molar-refractivity contribution in [1.82, 2.24) is 5.32 Å². The molecular formula is C16H23N3O2. The summed E-state index contributed by atoms with van der Waals surface area (Å²) >= 11 is 0. The van der Waals surface area contributed by atoms with Gasteiger partial charge in [0.2, 0.25) is 11.8 Å². The van der Waals surface area contributed by atoms with Gasteiger partial charge in [-0.1, -0.05) is 25.0 Å². The summed E-state index contributed by atoms with van der Waals surface area (Å²) in [4.78, 5) is 22.9. The number of anilines is 1. The van der Waals surface area contributed by atoms with Gasteiger partial charge in [-0.25, -0.2) is 0 Å². The van der Waals surface area contributed by atoms with Gasteiger partial charge in [0.15, 0.2) is 0 Å². The number of carbonyl (C=O) groups is 2. The van der Waals surface area contributed by atoms with E-state index in [4.69, 9.17) is 5.73 Å². The summed E-state index contributed by atoms with van der Waals surface area (Å²) in [6.07, 6.45) is 4.51. The minimum atomic E-state index is -0.306. The Kier molecular flexibility index (Phi) is 4.96. The van der Waals surface area contributed by atoms with Gasteiger partial charge in [-0.15, -0.1) is 0 Å². The molecule has 4 N–H and O–H groups in total. The average Bonchev–Trinajstić information content (AvgIpc) is 2.84. The molecule has 114 valence electrons. The number of nitrogens with one attached hydrogen (secondary N) is 2. The minimum Gasteiger partial charge on any atom is -0.352 e. The zero-order chi connectivity index (χ0) is 15.3. The Morgan fingerprint density at radius 3 is 2.38 bits per heavy atom. The number of hydrogen-bond acceptors (Lipinski definition) is 3. The van der Waals surface area contributed by atoms with Crippen molar-refractivity contribution in [3.05, 3.63) is 29.8 Å². The fourth-order valence-corrected chi connectivity index (χ4v) is 2.75. The normalized spacial score (nSPS) is 16.5. The molecule has 1 aliphatic carbocycles. The second kappa shape index (κ2) is 6.72. The molecular weight excluding hydrogens is 266 g/mol. The van der Waals surface area contributed by atoms with Crippen LogP contribution in [0.4, 0.5) is 5.69 Å². The molecule has 0 heterocycles. The van der Waals surface area contributed by atoms with E-state index in [0.29, 0.717) is 13.0 Å². The lowest BCUT2D eigenvalue weighted by molar-refractivity contribution is -0.122. The van der Waals surface area contributed by atoms with Crippen molar-refractivity contribution >= 4 is 17.5 Å². The van der Waals surface area contributed by atoms with Crippen molar-refractivity contribution in [2.24, 2.45) is 5.73 Å². The number of amides is 2. The van der Waals surface area contributed by atoms with Gasteiger partial charge in [0.25, 0.3) is 0 Å². The maximum Gasteiger partial charge on any atom is 0.222 e. The van der Waals surface area contributed by atoms with Crippen LogP contribution in [0.1, 0.15) is 44.6 Å². The number of rotatable bonds is 5. The molecule has 0 atom stereocenters. The van der Waals surface area contributed by atoms with E-state index < -0.39 is 0 Å². The molecule has 21 heavy (non-hydrogen) atoms. The molecule has 0 aliphatic heterocycles. The third kappa shape index (κ3) is 4.86. The van der Waals surface area contributed by atoms with Crippen LogP contribution in [0.3, 0.4) is 0 Å². The Bertz CT molecular complexity index is 505. The van der Waals surface area contributed by atoms with E-state index in [0.717, 1.165) is 36.9 Å². The molecule has 1 aromatic rings. The fraction of sp³-hybridized carbons (Fsp3) is 0.500. The molecule has 1 aromatic carbocycles. The van der Waals surface area contributed by atoms with Crippen molar-refractivity contribution in [3.63, 3.8) is 0 Å². The van der Waals surface area contributed by atoms with Crippen LogP contribution in [0.25, 0.3) is 0 Å². The molecule has 0 aromatic heterocycles. The van der Waals surface area contributed by atoms with Crippen LogP contribution < -0.4 is 16.4 Å². The highest BCUT2D eigenvalue weighted by Crippen LogP contribution is 2.29. The summed E-state index contributed by atoms with van der Waals surface area (Å²) < 4.78 is 0. The van der Waals surface area contributed by atoms with Crippen LogP contribution in [-0.4, -0.2) is 17.4 Å². The second-order valence-electron chi connectivity index (χ2n) is 5.90. The Morgan fingerprint density at radius 2 is 1.81 bits per heavy atom. The molecule has 0 saturated heterocycles. The monoisotopic (exact) mass is 289 g/mol. The van der Waals surface area contributed by atoms with Crippen LogP contribution in [0.5, 0.6) is 0 Å². The van der Waals surface area contributed by atoms with Crippen LogP contribution in [-0.2, 0) is 16.1 Å². The first-order valence-corrected chi connectivity index (χ1v) is 7.39. The summed E-state index contributed by atoms with van der Waals surface area (Å²) in [5.74, 6) is -0.0915. The van der Waals surface area contributed by atoms with Crippen LogP contribution in [0.2, 0.25) is 0 Å². The maximum absolute atomic E-state index is 11.9. The SMILES string of the molecule is CC(=O)Nc1ccc(CNC(=O)CC2(N)CCCC2)cc1. The van der Waals surface area contributed by atoms with Gasteiger partial charge in [-0.05, 0) is 30.5 Å². The summed E-state index contributed by atoms with van der Waals surface area (Å²) in [6, 6.07) is 7.42. The van der Waals surface area contributed by atoms with Crippen molar-refractivity contribution in [1.29, 1.82) is 0 Å². The number of benzene rings is 1. The first kappa shape index (κ1) is 15.5. The lowest BCUT2D eigenvalue weighted by Gasteiger charge is -2.22. The molecule has 2 amide bonds. The predicted octanol–water partition coefficient (Wildman–Crippen LogP) is 1.92. The van der Waals surface area contributed by atoms with Gasteiger partial charge in [0.05, 0.1) is 0 Å². The Labute approximate surface area is 125 Å². The fourth-order valence-electron chi connectivity index (χ4n) is 2.75. The van der Waals surface area contributed by atoms with Crippen LogP contribution in [0, 0.1) is 0 Å². The zero-order valence-electron chi connectivity index (χ0n) is 12.4. The first-order valence-electron chi connectivity index (χ1n) is 7.39. The predicted molar refractivity (Wildman–Crippen MR) is 82.6 cm³/mol. The standard InChI is InChI=1S/C16H23N3O2/c1-12(20)19-14-6-4-13(5-7-14)11-18-15(21)10-16(17)8-2-3-9-16/h4-7H,2-3,8-11,17H2,1H3,(H,18,21)(H,19,20). The molecule has 5 heteroatoms. The van der Waals surface area contributed by atoms with E-state index in [1.165, 1.54) is 6.92 Å². The highest BCUT2D eigenvalue weighted by molar-refractivity contribution is 5.88. The summed E-state index contributed by atoms with van der Waals surface area (Å²) in [5, 5.41) is 5.61. The summed E-state index contributed by atoms with van der Waals surface area (Å²) in [5.41, 5.74) is 7.64. The van der Waals surface area contributed by atoms with Gasteiger partial charge >= 0.3 is 0 Å². The Balaban J connectivity index is 1.79. The number of nitrogens with two attached hydrogens (primary N) is 1. The molecule has 0 bridgehead atoms. The quantitative estimate of drug-likeness (QED) is 0.774. The van der Waals surface area contributed by atoms with Crippen molar-refractivity contribution in [2.45, 2.75) is 51.1 Å². The van der Waals surface area contributed by atoms with Gasteiger partial charge in [0.1, 0.15) is 0 Å². The molecule has 2 rings (SSSR count). The molecule has 1 aliphatic rings. The molecule has 1 saturated carbocycles. The highest BCUT2D eigenvalue weighted by atomic mass is 16.2. The zero-order valence-corrected chi connectivity index (χ0v) is 12.4. The maximum atomic E-state index is 11.9. The number of carbonyl (C=O) groups excluding carboxylic acids is 2. The van der Waals surface area contributed by atoms with E-state index in [1.54, 1.807) is 0 Å². The van der Waals surface area contributed by atoms with E-state index in [2.05, 4.69) is 10.6 Å². The van der Waals surface area contributed by atoms with Gasteiger partial charge < -0.3 is 16.4 Å². The van der Waals surface area contributed by atoms with Gasteiger partial charge in [0, 0.05) is 31.1 Å². The topological polar surface area (TPSA) is 84.2 Å². The Morgan fingerprint density at radius 1 is 1.19 bits per heavy atom. The van der Waals surface area contributed by atoms with E-state index in [1.807, 2.05) is 24.3 Å². The highest BCUT2D eigenvalue weighted by Gasteiger charge is 2.31. The van der Waals surface area contributed by atoms with Crippen LogP contribution >= 0.6 is 0 Å². The van der Waals surface area contributed by atoms with E-state index >= 15 is 0 Å². The Hall–Kier alpha value is -1.88. The third-order valence-electron chi connectivity index (χ3n) is 3.88. The van der Waals surface area contributed by atoms with Gasteiger partial charge in [-0.3, -0.25) is 9.59 Å². The summed E-state index contributed by atoms with van der Waals surface area (Å²) in [6.45, 7) is 1.95. The smallest absolute Gasteiger partial charge is 0.222 e. The first-order chi connectivity index (χ1) is 9.97. The summed E-state index contributed by atoms with van der Waals surface area (Å²) in [7, 11) is 0. The molecule has 5 nitrogen and oxygen atoms in total. The lowest BCUT2D eigenvalue weighted by Crippen LogP contribution is -2.41. The van der Waals surface area contributed by atoms with E-state index in [-0.39, 0.29) is 17.4 Å². The van der Waals surface area contributed by atoms with Crippen LogP contribution in [0.15, 0.2) is 24.3 Å². The van der Waals surface area contributed by atoms with Crippen molar-refractivity contribution in [2.75, 3.05) is 5.32 Å². The number of hydrogen-bond donors (Lipinski definition) is 3. The van der Waals surface area contributed by atoms with Crippen molar-refractivity contribution in [3.8, 4) is 0 Å². The van der Waals surface area contributed by atoms with Crippen molar-refractivity contribution < 1.29 is 9.59 Å². The molecule has 1 fully saturated rings. The average molecular weight is 289 g/mol. The minimum absolute atomic E-state index is 0.00494. The molecule has 0 spiro atoms. The van der Waals surface area contributed by atoms with Gasteiger partial charge in [-0.2, -0.15) is 0 Å². The lowest BCUT2D eigenvalue weighted by atomic mass is 9.94. The van der Waals surface area contributed by atoms with E-state index in [9.17, 15) is 9.59 Å².